The van der Waals surface area contributed by atoms with Gasteiger partial charge in [0.05, 0.1) is 11.1 Å². The first-order chi connectivity index (χ1) is 9.40. The minimum Gasteiger partial charge on any atom is -0.508 e. The molecule has 2 aromatic carbocycles. The second-order valence-corrected chi connectivity index (χ2v) is 4.58. The van der Waals surface area contributed by atoms with Crippen LogP contribution in [-0.2, 0) is 35.9 Å². The number of hydrogen-bond acceptors (Lipinski definition) is 3. The van der Waals surface area contributed by atoms with Crippen LogP contribution in [0.15, 0.2) is 53.0 Å². The summed E-state index contributed by atoms with van der Waals surface area (Å²) in [4.78, 5) is 20.5. The average molecular weight is 442 g/mol. The van der Waals surface area contributed by atoms with E-state index in [9.17, 15) is 9.59 Å². The summed E-state index contributed by atoms with van der Waals surface area (Å²) >= 11 is 3.20. The molecule has 0 bridgehead atoms. The van der Waals surface area contributed by atoms with E-state index in [0.29, 0.717) is 5.56 Å². The first-order valence-corrected chi connectivity index (χ1v) is 6.20. The first-order valence-electron chi connectivity index (χ1n) is 5.41. The number of phenolic OH excluding ortho intramolecular Hbond substituents is 1. The zero-order valence-electron chi connectivity index (χ0n) is 11.0. The van der Waals surface area contributed by atoms with Crippen LogP contribution in [0.2, 0.25) is 0 Å². The Hall–Kier alpha value is -1.22. The molecular formula is C14H11BrCrO5V. The van der Waals surface area contributed by atoms with Crippen molar-refractivity contribution in [3.05, 3.63) is 64.1 Å². The molecule has 5 nitrogen and oxygen atoms in total. The van der Waals surface area contributed by atoms with E-state index in [4.69, 9.17) is 15.3 Å². The molecule has 0 amide bonds. The van der Waals surface area contributed by atoms with Gasteiger partial charge in [0, 0.05) is 40.4 Å². The molecule has 1 radical (unpaired) electrons. The van der Waals surface area contributed by atoms with Crippen LogP contribution in [0.5, 0.6) is 5.75 Å². The maximum Gasteiger partial charge on any atom is 0.335 e. The van der Waals surface area contributed by atoms with Crippen molar-refractivity contribution in [1.29, 1.82) is 0 Å². The summed E-state index contributed by atoms with van der Waals surface area (Å²) in [6.07, 6.45) is 0. The van der Waals surface area contributed by atoms with E-state index in [1.807, 2.05) is 0 Å². The van der Waals surface area contributed by atoms with Gasteiger partial charge in [-0.3, -0.25) is 0 Å². The summed E-state index contributed by atoms with van der Waals surface area (Å²) in [5, 5.41) is 25.6. The average Bonchev–Trinajstić information content (AvgIpc) is 2.40. The van der Waals surface area contributed by atoms with Crippen LogP contribution >= 0.6 is 15.9 Å². The van der Waals surface area contributed by atoms with E-state index in [2.05, 4.69) is 15.9 Å². The second kappa shape index (κ2) is 11.4. The smallest absolute Gasteiger partial charge is 0.335 e. The fourth-order valence-electron chi connectivity index (χ4n) is 1.20. The Labute approximate surface area is 158 Å². The number of benzene rings is 2. The molecule has 3 N–H and O–H groups in total. The molecule has 0 fully saturated rings. The number of rotatable bonds is 2. The zero-order chi connectivity index (χ0) is 15.1. The van der Waals surface area contributed by atoms with Crippen molar-refractivity contribution in [2.75, 3.05) is 0 Å². The molecule has 0 unspecified atom stereocenters. The topological polar surface area (TPSA) is 94.8 Å². The number of aromatic carboxylic acids is 2. The molecule has 0 aromatic heterocycles. The van der Waals surface area contributed by atoms with Gasteiger partial charge in [0.1, 0.15) is 5.75 Å². The minimum absolute atomic E-state index is 0. The van der Waals surface area contributed by atoms with Gasteiger partial charge in [-0.15, -0.1) is 0 Å². The van der Waals surface area contributed by atoms with Gasteiger partial charge < -0.3 is 15.3 Å². The van der Waals surface area contributed by atoms with E-state index in [-0.39, 0.29) is 47.2 Å². The summed E-state index contributed by atoms with van der Waals surface area (Å²) < 4.78 is 0.887. The third-order valence-corrected chi connectivity index (χ3v) is 2.73. The van der Waals surface area contributed by atoms with Crippen LogP contribution in [0, 0.1) is 0 Å². The molecule has 8 heteroatoms. The zero-order valence-corrected chi connectivity index (χ0v) is 15.3. The Kier molecular flexibility index (Phi) is 11.9. The van der Waals surface area contributed by atoms with Gasteiger partial charge in [-0.25, -0.2) is 9.59 Å². The van der Waals surface area contributed by atoms with Crippen LogP contribution in [0.1, 0.15) is 20.7 Å². The quantitative estimate of drug-likeness (QED) is 0.664. The van der Waals surface area contributed by atoms with Crippen molar-refractivity contribution in [2.24, 2.45) is 0 Å². The minimum atomic E-state index is -0.986. The standard InChI is InChI=1S/C7H5BrO2.C7H6O3.Cr.V/c2*8-6-3-1-5(2-4-6)7(9)10;;/h1-4H,(H,9,10);1-4,8H,(H,9,10);;. The molecular weight excluding hydrogens is 431 g/mol. The van der Waals surface area contributed by atoms with Crippen LogP contribution in [0.25, 0.3) is 0 Å². The van der Waals surface area contributed by atoms with Crippen LogP contribution in [0.4, 0.5) is 0 Å². The van der Waals surface area contributed by atoms with Gasteiger partial charge in [0.25, 0.3) is 0 Å². The molecule has 0 saturated heterocycles. The predicted molar refractivity (Wildman–Crippen MR) is 76.2 cm³/mol. The molecule has 2 rings (SSSR count). The second-order valence-electron chi connectivity index (χ2n) is 3.66. The SMILES string of the molecule is O=C(O)c1ccc(Br)cc1.O=C(O)c1ccc(O)cc1.[Cr].[V]. The molecule has 0 heterocycles. The molecule has 0 saturated carbocycles. The normalized spacial score (nSPS) is 8.41. The third-order valence-electron chi connectivity index (χ3n) is 2.21. The van der Waals surface area contributed by atoms with Crippen molar-refractivity contribution in [3.63, 3.8) is 0 Å². The van der Waals surface area contributed by atoms with Gasteiger partial charge in [-0.05, 0) is 48.5 Å². The van der Waals surface area contributed by atoms with Crippen molar-refractivity contribution >= 4 is 27.9 Å². The Bertz CT molecular complexity index is 546. The molecule has 0 aliphatic carbocycles. The van der Waals surface area contributed by atoms with Crippen LogP contribution < -0.4 is 0 Å². The van der Waals surface area contributed by atoms with E-state index in [1.54, 1.807) is 24.3 Å². The van der Waals surface area contributed by atoms with E-state index < -0.39 is 11.9 Å². The Morgan fingerprint density at radius 1 is 0.773 bits per heavy atom. The van der Waals surface area contributed by atoms with Crippen LogP contribution in [0.3, 0.4) is 0 Å². The summed E-state index contributed by atoms with van der Waals surface area (Å²) in [5.74, 6) is -1.81. The van der Waals surface area contributed by atoms with Crippen molar-refractivity contribution in [3.8, 4) is 5.75 Å². The summed E-state index contributed by atoms with van der Waals surface area (Å²) in [7, 11) is 0. The van der Waals surface area contributed by atoms with Crippen LogP contribution in [-0.4, -0.2) is 27.3 Å². The van der Waals surface area contributed by atoms with E-state index in [0.717, 1.165) is 4.47 Å². The number of carboxylic acids is 2. The largest absolute Gasteiger partial charge is 0.508 e. The molecule has 115 valence electrons. The molecule has 0 aliphatic heterocycles. The van der Waals surface area contributed by atoms with Gasteiger partial charge >= 0.3 is 11.9 Å². The fraction of sp³-hybridized carbons (Fsp3) is 0. The predicted octanol–water partition coefficient (Wildman–Crippen LogP) is 3.23. The van der Waals surface area contributed by atoms with Crippen molar-refractivity contribution < 1.29 is 60.8 Å². The van der Waals surface area contributed by atoms with Gasteiger partial charge in [0.2, 0.25) is 0 Å². The molecule has 0 atom stereocenters. The molecule has 2 aromatic rings. The number of aromatic hydroxyl groups is 1. The monoisotopic (exact) mass is 441 g/mol. The number of hydrogen-bond donors (Lipinski definition) is 3. The van der Waals surface area contributed by atoms with Gasteiger partial charge in [0.15, 0.2) is 0 Å². The van der Waals surface area contributed by atoms with Gasteiger partial charge in [-0.2, -0.15) is 0 Å². The number of carbonyl (C=O) groups is 2. The first kappa shape index (κ1) is 23.0. The van der Waals surface area contributed by atoms with Crippen molar-refractivity contribution in [2.45, 2.75) is 0 Å². The van der Waals surface area contributed by atoms with E-state index >= 15 is 0 Å². The Balaban J connectivity index is 0. The van der Waals surface area contributed by atoms with Gasteiger partial charge in [-0.1, -0.05) is 15.9 Å². The Morgan fingerprint density at radius 2 is 1.09 bits per heavy atom. The molecule has 0 aliphatic rings. The maximum atomic E-state index is 10.3. The molecule has 22 heavy (non-hydrogen) atoms. The summed E-state index contributed by atoms with van der Waals surface area (Å²) in [6.45, 7) is 0. The van der Waals surface area contributed by atoms with Crippen molar-refractivity contribution in [1.82, 2.24) is 0 Å². The maximum absolute atomic E-state index is 10.3. The molecule has 0 spiro atoms. The number of carboxylic acid groups (broad SMARTS) is 2. The third kappa shape index (κ3) is 8.28. The number of halogens is 1. The van der Waals surface area contributed by atoms with E-state index in [1.165, 1.54) is 24.3 Å². The Morgan fingerprint density at radius 3 is 1.41 bits per heavy atom. The number of phenols is 1. The fourth-order valence-corrected chi connectivity index (χ4v) is 1.46. The summed E-state index contributed by atoms with van der Waals surface area (Å²) in [6, 6.07) is 11.9. The summed E-state index contributed by atoms with van der Waals surface area (Å²) in [5.41, 5.74) is 0.487.